The molecule has 0 amide bonds. The van der Waals surface area contributed by atoms with Crippen LogP contribution < -0.4 is 0 Å². The predicted octanol–water partition coefficient (Wildman–Crippen LogP) is 2.35. The van der Waals surface area contributed by atoms with Crippen molar-refractivity contribution in [2.75, 3.05) is 0 Å². The summed E-state index contributed by atoms with van der Waals surface area (Å²) in [5.74, 6) is 0. The van der Waals surface area contributed by atoms with E-state index in [9.17, 15) is 0 Å². The van der Waals surface area contributed by atoms with E-state index in [1.807, 2.05) is 0 Å². The molecule has 14 heavy (non-hydrogen) atoms. The maximum Gasteiger partial charge on any atom is 4.00 e. The average molecular weight is 280 g/mol. The molecule has 0 bridgehead atoms. The maximum absolute atomic E-state index is 3.36. The van der Waals surface area contributed by atoms with E-state index in [1.165, 1.54) is 10.4 Å². The van der Waals surface area contributed by atoms with Gasteiger partial charge in [-0.3, -0.25) is 12.2 Å². The molecule has 0 heterocycles. The van der Waals surface area contributed by atoms with Crippen LogP contribution in [0.4, 0.5) is 0 Å². The summed E-state index contributed by atoms with van der Waals surface area (Å²) in [6.45, 7) is 0. The van der Waals surface area contributed by atoms with Gasteiger partial charge in [0.05, 0.1) is 0 Å². The van der Waals surface area contributed by atoms with E-state index in [4.69, 9.17) is 0 Å². The summed E-state index contributed by atoms with van der Waals surface area (Å²) in [5, 5.41) is 2.91. The smallest absolute Gasteiger partial charge is 0.358 e. The monoisotopic (exact) mass is 278 g/mol. The molecule has 0 unspecified atom stereocenters. The van der Waals surface area contributed by atoms with E-state index in [1.54, 1.807) is 0 Å². The zero-order valence-corrected chi connectivity index (χ0v) is 12.8. The molecule has 2 rings (SSSR count). The summed E-state index contributed by atoms with van der Waals surface area (Å²) in [6.07, 6.45) is 17.6. The van der Waals surface area contributed by atoms with Gasteiger partial charge in [-0.2, -0.15) is 12.2 Å². The molecule has 0 spiro atoms. The number of hydrogen-bond acceptors (Lipinski definition) is 0. The van der Waals surface area contributed by atoms with Crippen molar-refractivity contribution in [3.8, 4) is 0 Å². The van der Waals surface area contributed by atoms with Gasteiger partial charge in [0.1, 0.15) is 0 Å². The number of allylic oxidation sites excluding steroid dienone is 8. The Bertz CT molecular complexity index is 244. The van der Waals surface area contributed by atoms with Crippen molar-refractivity contribution in [3.63, 3.8) is 0 Å². The van der Waals surface area contributed by atoms with Crippen LogP contribution >= 0.6 is 0 Å². The molecule has 0 fully saturated rings. The van der Waals surface area contributed by atoms with Crippen LogP contribution in [0.3, 0.4) is 0 Å². The Kier molecular flexibility index (Phi) is 9.86. The zero-order valence-electron chi connectivity index (χ0n) is 8.93. The molecule has 2 aliphatic rings. The number of rotatable bonds is 2. The van der Waals surface area contributed by atoms with Crippen LogP contribution in [0.15, 0.2) is 34.7 Å². The Morgan fingerprint density at radius 2 is 1.36 bits per heavy atom. The van der Waals surface area contributed by atoms with E-state index in [2.05, 4.69) is 36.5 Å². The van der Waals surface area contributed by atoms with Crippen molar-refractivity contribution in [2.24, 2.45) is 0 Å². The molecule has 2 aliphatic carbocycles. The molecule has 0 atom stereocenters. The normalized spacial score (nSPS) is 16.3. The summed E-state index contributed by atoms with van der Waals surface area (Å²) < 4.78 is 0. The van der Waals surface area contributed by atoms with Crippen molar-refractivity contribution in [3.05, 3.63) is 61.7 Å². The first-order valence-electron chi connectivity index (χ1n) is 3.97. The third kappa shape index (κ3) is 4.52. The Morgan fingerprint density at radius 3 is 1.64 bits per heavy atom. The fourth-order valence-corrected chi connectivity index (χ4v) is 2.87. The summed E-state index contributed by atoms with van der Waals surface area (Å²) in [5.41, 5.74) is 0. The third-order valence-electron chi connectivity index (χ3n) is 1.91. The molecule has 0 saturated heterocycles. The topological polar surface area (TPSA) is 0 Å². The molecular weight excluding hydrogens is 263 g/mol. The minimum absolute atomic E-state index is 0. The summed E-state index contributed by atoms with van der Waals surface area (Å²) in [7, 11) is -0.198. The van der Waals surface area contributed by atoms with Crippen LogP contribution in [-0.4, -0.2) is 9.52 Å². The van der Waals surface area contributed by atoms with E-state index in [0.717, 1.165) is 12.8 Å². The van der Waals surface area contributed by atoms with Gasteiger partial charge < -0.3 is 14.9 Å². The molecule has 0 saturated carbocycles. The van der Waals surface area contributed by atoms with Gasteiger partial charge in [0, 0.05) is 9.52 Å². The van der Waals surface area contributed by atoms with Crippen LogP contribution in [0.5, 0.6) is 0 Å². The Labute approximate surface area is 110 Å². The fourth-order valence-electron chi connectivity index (χ4n) is 1.35. The molecule has 0 aromatic rings. The first-order chi connectivity index (χ1) is 5.45. The van der Waals surface area contributed by atoms with Crippen LogP contribution in [0.2, 0.25) is 0 Å². The van der Waals surface area contributed by atoms with E-state index in [-0.39, 0.29) is 50.6 Å². The molecule has 72 valence electrons. The third-order valence-corrected chi connectivity index (χ3v) is 3.65. The largest absolute Gasteiger partial charge is 4.00 e. The Hall–Kier alpha value is 0.0600. The van der Waals surface area contributed by atoms with Crippen LogP contribution in [-0.2, 0) is 26.2 Å². The Balaban J connectivity index is 0. The molecular formula is C12H16SiZr. The molecule has 0 N–H and O–H groups in total. The van der Waals surface area contributed by atoms with Crippen molar-refractivity contribution < 1.29 is 26.2 Å². The maximum atomic E-state index is 3.36. The van der Waals surface area contributed by atoms with Crippen molar-refractivity contribution in [2.45, 2.75) is 12.8 Å². The first-order valence-corrected chi connectivity index (χ1v) is 5.39. The van der Waals surface area contributed by atoms with E-state index < -0.39 is 0 Å². The van der Waals surface area contributed by atoms with E-state index >= 15 is 0 Å². The Morgan fingerprint density at radius 1 is 0.929 bits per heavy atom. The fraction of sp³-hybridized carbons (Fsp3) is 0.167. The molecule has 0 aliphatic heterocycles. The first kappa shape index (κ1) is 16.5. The van der Waals surface area contributed by atoms with Gasteiger partial charge in [-0.1, -0.05) is 0 Å². The quantitative estimate of drug-likeness (QED) is 0.538. The predicted molar refractivity (Wildman–Crippen MR) is 62.4 cm³/mol. The summed E-state index contributed by atoms with van der Waals surface area (Å²) in [4.78, 5) is 0. The van der Waals surface area contributed by atoms with Gasteiger partial charge in [-0.25, -0.2) is 22.5 Å². The minimum atomic E-state index is -0.198. The van der Waals surface area contributed by atoms with Gasteiger partial charge in [0.15, 0.2) is 0 Å². The summed E-state index contributed by atoms with van der Waals surface area (Å²) >= 11 is 0. The van der Waals surface area contributed by atoms with Crippen LogP contribution in [0.25, 0.3) is 0 Å². The van der Waals surface area contributed by atoms with Crippen molar-refractivity contribution >= 4 is 9.52 Å². The second kappa shape index (κ2) is 8.38. The zero-order chi connectivity index (χ0) is 7.52. The van der Waals surface area contributed by atoms with Gasteiger partial charge in [-0.15, -0.1) is 12.8 Å². The molecule has 2 heteroatoms. The summed E-state index contributed by atoms with van der Waals surface area (Å²) in [6, 6.07) is 0. The molecule has 0 aromatic carbocycles. The molecule has 0 aromatic heterocycles. The van der Waals surface area contributed by atoms with Crippen LogP contribution in [0.1, 0.15) is 12.8 Å². The second-order valence-corrected chi connectivity index (χ2v) is 4.67. The average Bonchev–Trinajstić information content (AvgIpc) is 2.60. The van der Waals surface area contributed by atoms with Crippen LogP contribution in [0, 0.1) is 27.0 Å². The molecule has 0 radical (unpaired) electrons. The van der Waals surface area contributed by atoms with Gasteiger partial charge in [-0.05, 0) is 0 Å². The standard InChI is InChI=1S/C10H10Si.2CH3.Zr/c1-2-6-9(5-1)11-10-7-3-4-8-10;;;/h1,3,5,7H,2,4,11H2;2*1H3;/q-2;2*-1;+4. The van der Waals surface area contributed by atoms with E-state index in [0.29, 0.717) is 0 Å². The van der Waals surface area contributed by atoms with Gasteiger partial charge >= 0.3 is 26.2 Å². The minimum Gasteiger partial charge on any atom is -0.358 e. The van der Waals surface area contributed by atoms with Crippen molar-refractivity contribution in [1.82, 2.24) is 0 Å². The number of hydrogen-bond donors (Lipinski definition) is 0. The SMILES string of the molecule is [C-]1=C([SiH2]C2=[C-]CC=C2)C=CC1.[CH3-].[CH3-].[Zr+4]. The van der Waals surface area contributed by atoms with Gasteiger partial charge in [0.25, 0.3) is 0 Å². The van der Waals surface area contributed by atoms with Crippen molar-refractivity contribution in [1.29, 1.82) is 0 Å². The van der Waals surface area contributed by atoms with Gasteiger partial charge in [0.2, 0.25) is 0 Å². The molecule has 0 nitrogen and oxygen atoms in total. The second-order valence-electron chi connectivity index (χ2n) is 2.79.